The third-order valence-electron chi connectivity index (χ3n) is 2.44. The van der Waals surface area contributed by atoms with Crippen LogP contribution in [0.25, 0.3) is 0 Å². The van der Waals surface area contributed by atoms with Gasteiger partial charge in [-0.3, -0.25) is 4.79 Å². The SMILES string of the molecule is Cc1cccc(C2CCC(=O)N2)c1. The molecule has 13 heavy (non-hydrogen) atoms. The van der Waals surface area contributed by atoms with Crippen LogP contribution in [0, 0.1) is 6.92 Å². The maximum absolute atomic E-state index is 11.0. The van der Waals surface area contributed by atoms with Gasteiger partial charge in [0.15, 0.2) is 0 Å². The van der Waals surface area contributed by atoms with Gasteiger partial charge in [0.2, 0.25) is 5.91 Å². The number of carbonyl (C=O) groups excluding carboxylic acids is 1. The van der Waals surface area contributed by atoms with Crippen molar-refractivity contribution >= 4 is 5.91 Å². The summed E-state index contributed by atoms with van der Waals surface area (Å²) in [6.07, 6.45) is 1.60. The van der Waals surface area contributed by atoms with Crippen LogP contribution < -0.4 is 5.32 Å². The number of hydrogen-bond donors (Lipinski definition) is 1. The molecule has 1 unspecified atom stereocenters. The topological polar surface area (TPSA) is 29.1 Å². The predicted octanol–water partition coefficient (Wildman–Crippen LogP) is 1.95. The van der Waals surface area contributed by atoms with E-state index in [1.165, 1.54) is 11.1 Å². The van der Waals surface area contributed by atoms with Crippen LogP contribution in [0.15, 0.2) is 24.3 Å². The van der Waals surface area contributed by atoms with Crippen LogP contribution in [0.2, 0.25) is 0 Å². The average Bonchev–Trinajstić information content (AvgIpc) is 2.52. The van der Waals surface area contributed by atoms with Gasteiger partial charge in [-0.15, -0.1) is 0 Å². The second-order valence-electron chi connectivity index (χ2n) is 3.57. The van der Waals surface area contributed by atoms with E-state index in [4.69, 9.17) is 0 Å². The van der Waals surface area contributed by atoms with Crippen LogP contribution in [-0.4, -0.2) is 5.91 Å². The zero-order valence-corrected chi connectivity index (χ0v) is 7.71. The molecule has 1 saturated heterocycles. The zero-order chi connectivity index (χ0) is 9.26. The van der Waals surface area contributed by atoms with E-state index in [-0.39, 0.29) is 11.9 Å². The number of nitrogens with one attached hydrogen (secondary N) is 1. The van der Waals surface area contributed by atoms with Gasteiger partial charge in [0, 0.05) is 6.42 Å². The lowest BCUT2D eigenvalue weighted by Crippen LogP contribution is -2.18. The monoisotopic (exact) mass is 175 g/mol. The van der Waals surface area contributed by atoms with Crippen molar-refractivity contribution in [1.82, 2.24) is 5.32 Å². The second-order valence-corrected chi connectivity index (χ2v) is 3.57. The summed E-state index contributed by atoms with van der Waals surface area (Å²) in [4.78, 5) is 11.0. The molecular formula is C11H13NO. The standard InChI is InChI=1S/C11H13NO/c1-8-3-2-4-9(7-8)10-5-6-11(13)12-10/h2-4,7,10H,5-6H2,1H3,(H,12,13). The van der Waals surface area contributed by atoms with Gasteiger partial charge < -0.3 is 5.32 Å². The highest BCUT2D eigenvalue weighted by molar-refractivity contribution is 5.78. The molecular weight excluding hydrogens is 162 g/mol. The minimum absolute atomic E-state index is 0.173. The molecule has 1 aliphatic rings. The Kier molecular flexibility index (Phi) is 2.05. The summed E-state index contributed by atoms with van der Waals surface area (Å²) in [7, 11) is 0. The highest BCUT2D eigenvalue weighted by Crippen LogP contribution is 2.23. The molecule has 2 rings (SSSR count). The summed E-state index contributed by atoms with van der Waals surface area (Å²) in [6.45, 7) is 2.07. The molecule has 1 heterocycles. The fourth-order valence-corrected chi connectivity index (χ4v) is 1.75. The highest BCUT2D eigenvalue weighted by atomic mass is 16.1. The first-order chi connectivity index (χ1) is 6.25. The Morgan fingerprint density at radius 2 is 2.31 bits per heavy atom. The molecule has 1 aromatic rings. The van der Waals surface area contributed by atoms with Crippen molar-refractivity contribution < 1.29 is 4.79 Å². The van der Waals surface area contributed by atoms with Crippen LogP contribution in [0.3, 0.4) is 0 Å². The molecule has 68 valence electrons. The van der Waals surface area contributed by atoms with Crippen LogP contribution >= 0.6 is 0 Å². The quantitative estimate of drug-likeness (QED) is 0.694. The lowest BCUT2D eigenvalue weighted by Gasteiger charge is -2.10. The van der Waals surface area contributed by atoms with Crippen LogP contribution in [0.5, 0.6) is 0 Å². The van der Waals surface area contributed by atoms with Crippen molar-refractivity contribution in [2.24, 2.45) is 0 Å². The van der Waals surface area contributed by atoms with Crippen LogP contribution in [-0.2, 0) is 4.79 Å². The number of benzene rings is 1. The van der Waals surface area contributed by atoms with Crippen LogP contribution in [0.1, 0.15) is 30.0 Å². The molecule has 2 nitrogen and oxygen atoms in total. The summed E-state index contributed by atoms with van der Waals surface area (Å²) < 4.78 is 0. The van der Waals surface area contributed by atoms with Crippen LogP contribution in [0.4, 0.5) is 0 Å². The van der Waals surface area contributed by atoms with Gasteiger partial charge in [-0.05, 0) is 18.9 Å². The van der Waals surface area contributed by atoms with Crippen molar-refractivity contribution in [3.8, 4) is 0 Å². The first-order valence-corrected chi connectivity index (χ1v) is 4.61. The van der Waals surface area contributed by atoms with Gasteiger partial charge in [0.1, 0.15) is 0 Å². The Morgan fingerprint density at radius 1 is 1.46 bits per heavy atom. The maximum atomic E-state index is 11.0. The number of amides is 1. The molecule has 0 radical (unpaired) electrons. The first-order valence-electron chi connectivity index (χ1n) is 4.61. The Morgan fingerprint density at radius 3 is 2.92 bits per heavy atom. The fourth-order valence-electron chi connectivity index (χ4n) is 1.75. The van der Waals surface area contributed by atoms with E-state index < -0.39 is 0 Å². The normalized spacial score (nSPS) is 21.6. The Hall–Kier alpha value is -1.31. The van der Waals surface area contributed by atoms with Gasteiger partial charge in [-0.2, -0.15) is 0 Å². The Bertz CT molecular complexity index is 333. The number of rotatable bonds is 1. The molecule has 0 aliphatic carbocycles. The summed E-state index contributed by atoms with van der Waals surface area (Å²) in [5.41, 5.74) is 2.48. The third-order valence-corrected chi connectivity index (χ3v) is 2.44. The lowest BCUT2D eigenvalue weighted by atomic mass is 10.0. The Labute approximate surface area is 78.0 Å². The minimum atomic E-state index is 0.173. The molecule has 0 saturated carbocycles. The van der Waals surface area contributed by atoms with E-state index in [1.807, 2.05) is 6.07 Å². The fraction of sp³-hybridized carbons (Fsp3) is 0.364. The molecule has 1 amide bonds. The smallest absolute Gasteiger partial charge is 0.220 e. The third kappa shape index (κ3) is 1.72. The molecule has 1 aliphatic heterocycles. The van der Waals surface area contributed by atoms with E-state index in [9.17, 15) is 4.79 Å². The molecule has 1 atom stereocenters. The lowest BCUT2D eigenvalue weighted by molar-refractivity contribution is -0.119. The highest BCUT2D eigenvalue weighted by Gasteiger charge is 2.21. The van der Waals surface area contributed by atoms with Crippen molar-refractivity contribution in [3.05, 3.63) is 35.4 Å². The Balaban J connectivity index is 2.21. The van der Waals surface area contributed by atoms with Crippen molar-refractivity contribution in [3.63, 3.8) is 0 Å². The summed E-state index contributed by atoms with van der Waals surface area (Å²) >= 11 is 0. The van der Waals surface area contributed by atoms with E-state index in [0.717, 1.165) is 6.42 Å². The number of hydrogen-bond acceptors (Lipinski definition) is 1. The molecule has 1 aromatic carbocycles. The van der Waals surface area contributed by atoms with Gasteiger partial charge in [0.05, 0.1) is 6.04 Å². The molecule has 1 fully saturated rings. The van der Waals surface area contributed by atoms with E-state index in [1.54, 1.807) is 0 Å². The molecule has 0 spiro atoms. The molecule has 1 N–H and O–H groups in total. The van der Waals surface area contributed by atoms with E-state index in [0.29, 0.717) is 6.42 Å². The largest absolute Gasteiger partial charge is 0.349 e. The molecule has 0 bridgehead atoms. The maximum Gasteiger partial charge on any atom is 0.220 e. The predicted molar refractivity (Wildman–Crippen MR) is 51.3 cm³/mol. The summed E-state index contributed by atoms with van der Waals surface area (Å²) in [5.74, 6) is 0.173. The summed E-state index contributed by atoms with van der Waals surface area (Å²) in [6, 6.07) is 8.56. The van der Waals surface area contributed by atoms with E-state index >= 15 is 0 Å². The van der Waals surface area contributed by atoms with Gasteiger partial charge in [-0.1, -0.05) is 29.8 Å². The number of aryl methyl sites for hydroxylation is 1. The second kappa shape index (κ2) is 3.21. The van der Waals surface area contributed by atoms with Crippen molar-refractivity contribution in [2.45, 2.75) is 25.8 Å². The number of carbonyl (C=O) groups is 1. The summed E-state index contributed by atoms with van der Waals surface area (Å²) in [5, 5.41) is 2.96. The first kappa shape index (κ1) is 8.30. The van der Waals surface area contributed by atoms with E-state index in [2.05, 4.69) is 30.4 Å². The van der Waals surface area contributed by atoms with Gasteiger partial charge in [0.25, 0.3) is 0 Å². The zero-order valence-electron chi connectivity index (χ0n) is 7.71. The van der Waals surface area contributed by atoms with Gasteiger partial charge >= 0.3 is 0 Å². The van der Waals surface area contributed by atoms with Gasteiger partial charge in [-0.25, -0.2) is 0 Å². The molecule has 2 heteroatoms. The van der Waals surface area contributed by atoms with Crippen molar-refractivity contribution in [1.29, 1.82) is 0 Å². The van der Waals surface area contributed by atoms with Crippen molar-refractivity contribution in [2.75, 3.05) is 0 Å². The average molecular weight is 175 g/mol. The molecule has 0 aromatic heterocycles. The minimum Gasteiger partial charge on any atom is -0.349 e.